The van der Waals surface area contributed by atoms with Crippen molar-refractivity contribution in [2.24, 2.45) is 5.92 Å². The monoisotopic (exact) mass is 366 g/mol. The quantitative estimate of drug-likeness (QED) is 0.754. The van der Waals surface area contributed by atoms with Crippen LogP contribution in [0, 0.1) is 5.92 Å². The van der Waals surface area contributed by atoms with Gasteiger partial charge in [0.1, 0.15) is 0 Å². The molecule has 5 heteroatoms. The van der Waals surface area contributed by atoms with Crippen LogP contribution in [0.5, 0.6) is 0 Å². The fraction of sp³-hybridized carbons (Fsp3) is 0.364. The smallest absolute Gasteiger partial charge is 0.337 e. The number of ether oxygens (including phenoxy) is 1. The van der Waals surface area contributed by atoms with E-state index in [1.54, 1.807) is 12.1 Å². The maximum atomic E-state index is 12.9. The molecule has 1 aliphatic carbocycles. The third kappa shape index (κ3) is 5.09. The van der Waals surface area contributed by atoms with Crippen LogP contribution >= 0.6 is 0 Å². The molecule has 2 aromatic carbocycles. The van der Waals surface area contributed by atoms with Gasteiger partial charge in [0.15, 0.2) is 0 Å². The number of hydrogen-bond donors (Lipinski definition) is 1. The van der Waals surface area contributed by atoms with E-state index in [2.05, 4.69) is 12.2 Å². The van der Waals surface area contributed by atoms with Crippen molar-refractivity contribution in [1.82, 2.24) is 10.2 Å². The van der Waals surface area contributed by atoms with Gasteiger partial charge < -0.3 is 15.0 Å². The van der Waals surface area contributed by atoms with Crippen molar-refractivity contribution in [3.05, 3.63) is 71.3 Å². The molecule has 0 bridgehead atoms. The van der Waals surface area contributed by atoms with Crippen molar-refractivity contribution in [1.29, 1.82) is 0 Å². The van der Waals surface area contributed by atoms with Crippen LogP contribution in [0.25, 0.3) is 0 Å². The number of amides is 2. The van der Waals surface area contributed by atoms with E-state index in [1.807, 2.05) is 47.4 Å². The zero-order valence-electron chi connectivity index (χ0n) is 15.9. The van der Waals surface area contributed by atoms with Crippen LogP contribution in [0.1, 0.15) is 41.3 Å². The van der Waals surface area contributed by atoms with Crippen LogP contribution in [0.15, 0.2) is 54.6 Å². The van der Waals surface area contributed by atoms with Gasteiger partial charge >= 0.3 is 12.0 Å². The van der Waals surface area contributed by atoms with Gasteiger partial charge in [-0.05, 0) is 48.9 Å². The lowest BCUT2D eigenvalue weighted by atomic mass is 10.1. The lowest BCUT2D eigenvalue weighted by molar-refractivity contribution is 0.0600. The lowest BCUT2D eigenvalue weighted by Gasteiger charge is -2.30. The molecule has 142 valence electrons. The molecule has 1 N–H and O–H groups in total. The molecule has 1 fully saturated rings. The number of methoxy groups -OCH3 is 1. The van der Waals surface area contributed by atoms with Crippen molar-refractivity contribution in [2.75, 3.05) is 7.11 Å². The van der Waals surface area contributed by atoms with Gasteiger partial charge in [-0.25, -0.2) is 9.59 Å². The highest BCUT2D eigenvalue weighted by Gasteiger charge is 2.34. The van der Waals surface area contributed by atoms with E-state index in [0.717, 1.165) is 11.1 Å². The van der Waals surface area contributed by atoms with Gasteiger partial charge in [-0.3, -0.25) is 0 Å². The Kier molecular flexibility index (Phi) is 6.12. The second-order valence-corrected chi connectivity index (χ2v) is 7.04. The minimum absolute atomic E-state index is 0.0599. The topological polar surface area (TPSA) is 58.6 Å². The Morgan fingerprint density at radius 1 is 1.07 bits per heavy atom. The molecule has 1 saturated carbocycles. The number of carbonyl (C=O) groups excluding carboxylic acids is 2. The second kappa shape index (κ2) is 8.71. The molecule has 3 rings (SSSR count). The molecule has 0 saturated heterocycles. The molecule has 2 aromatic rings. The van der Waals surface area contributed by atoms with Gasteiger partial charge in [-0.2, -0.15) is 0 Å². The Morgan fingerprint density at radius 3 is 2.33 bits per heavy atom. The molecule has 1 aliphatic rings. The molecular formula is C22H26N2O3. The molecule has 0 heterocycles. The minimum atomic E-state index is -0.363. The van der Waals surface area contributed by atoms with Crippen molar-refractivity contribution in [2.45, 2.75) is 38.9 Å². The summed E-state index contributed by atoms with van der Waals surface area (Å²) in [6, 6.07) is 17.3. The summed E-state index contributed by atoms with van der Waals surface area (Å²) < 4.78 is 4.70. The molecule has 0 aromatic heterocycles. The van der Waals surface area contributed by atoms with E-state index in [4.69, 9.17) is 4.74 Å². The Labute approximate surface area is 160 Å². The van der Waals surface area contributed by atoms with Crippen LogP contribution in [0.3, 0.4) is 0 Å². The summed E-state index contributed by atoms with van der Waals surface area (Å²) in [6.07, 6.45) is 2.38. The predicted octanol–water partition coefficient (Wildman–Crippen LogP) is 3.98. The molecule has 0 radical (unpaired) electrons. The van der Waals surface area contributed by atoms with Crippen LogP contribution in [-0.4, -0.2) is 30.1 Å². The van der Waals surface area contributed by atoms with Crippen LogP contribution in [0.2, 0.25) is 0 Å². The van der Waals surface area contributed by atoms with Crippen molar-refractivity contribution < 1.29 is 14.3 Å². The number of nitrogens with zero attached hydrogens (tertiary/aromatic N) is 1. The fourth-order valence-corrected chi connectivity index (χ4v) is 3.17. The van der Waals surface area contributed by atoms with Gasteiger partial charge in [-0.15, -0.1) is 0 Å². The molecule has 2 amide bonds. The average Bonchev–Trinajstić information content (AvgIpc) is 3.55. The number of benzene rings is 2. The number of esters is 1. The zero-order chi connectivity index (χ0) is 19.2. The summed E-state index contributed by atoms with van der Waals surface area (Å²) in [5.74, 6) is 0.233. The van der Waals surface area contributed by atoms with Crippen LogP contribution in [0.4, 0.5) is 4.79 Å². The summed E-state index contributed by atoms with van der Waals surface area (Å²) >= 11 is 0. The van der Waals surface area contributed by atoms with E-state index in [1.165, 1.54) is 20.0 Å². The Balaban J connectivity index is 1.62. The largest absolute Gasteiger partial charge is 0.465 e. The molecule has 0 spiro atoms. The average molecular weight is 366 g/mol. The van der Waals surface area contributed by atoms with E-state index >= 15 is 0 Å². The first-order valence-corrected chi connectivity index (χ1v) is 9.34. The number of carbonyl (C=O) groups is 2. The normalized spacial score (nSPS) is 14.3. The predicted molar refractivity (Wildman–Crippen MR) is 104 cm³/mol. The van der Waals surface area contributed by atoms with Crippen LogP contribution in [-0.2, 0) is 17.8 Å². The van der Waals surface area contributed by atoms with Gasteiger partial charge in [0.05, 0.1) is 12.7 Å². The Bertz CT molecular complexity index is 770. The molecule has 5 nitrogen and oxygen atoms in total. The number of nitrogens with one attached hydrogen (secondary N) is 1. The van der Waals surface area contributed by atoms with Gasteiger partial charge in [0, 0.05) is 19.1 Å². The summed E-state index contributed by atoms with van der Waals surface area (Å²) in [6.45, 7) is 3.15. The zero-order valence-corrected chi connectivity index (χ0v) is 15.9. The minimum Gasteiger partial charge on any atom is -0.465 e. The summed E-state index contributed by atoms with van der Waals surface area (Å²) in [4.78, 5) is 26.3. The van der Waals surface area contributed by atoms with E-state index in [0.29, 0.717) is 24.6 Å². The van der Waals surface area contributed by atoms with Crippen LogP contribution < -0.4 is 5.32 Å². The SMILES string of the molecule is COC(=O)c1ccc(CNC(=O)N(Cc2ccccc2)C(C)C2CC2)cc1. The lowest BCUT2D eigenvalue weighted by Crippen LogP contribution is -2.45. The molecule has 1 unspecified atom stereocenters. The maximum Gasteiger partial charge on any atom is 0.337 e. The van der Waals surface area contributed by atoms with Crippen molar-refractivity contribution >= 4 is 12.0 Å². The van der Waals surface area contributed by atoms with E-state index in [9.17, 15) is 9.59 Å². The number of rotatable bonds is 7. The second-order valence-electron chi connectivity index (χ2n) is 7.04. The molecular weight excluding hydrogens is 340 g/mol. The van der Waals surface area contributed by atoms with E-state index in [-0.39, 0.29) is 18.0 Å². The van der Waals surface area contributed by atoms with Gasteiger partial charge in [-0.1, -0.05) is 42.5 Å². The molecule has 1 atom stereocenters. The first kappa shape index (κ1) is 19.0. The number of hydrogen-bond acceptors (Lipinski definition) is 3. The standard InChI is InChI=1S/C22H26N2O3/c1-16(19-12-13-19)24(15-18-6-4-3-5-7-18)22(26)23-14-17-8-10-20(11-9-17)21(25)27-2/h3-11,16,19H,12-15H2,1-2H3,(H,23,26). The van der Waals surface area contributed by atoms with Gasteiger partial charge in [0.2, 0.25) is 0 Å². The third-order valence-electron chi connectivity index (χ3n) is 5.07. The summed E-state index contributed by atoms with van der Waals surface area (Å²) in [7, 11) is 1.36. The number of urea groups is 1. The Hall–Kier alpha value is -2.82. The van der Waals surface area contributed by atoms with E-state index < -0.39 is 0 Å². The van der Waals surface area contributed by atoms with Crippen molar-refractivity contribution in [3.63, 3.8) is 0 Å². The van der Waals surface area contributed by atoms with Gasteiger partial charge in [0.25, 0.3) is 0 Å². The highest BCUT2D eigenvalue weighted by molar-refractivity contribution is 5.89. The Morgan fingerprint density at radius 2 is 1.74 bits per heavy atom. The fourth-order valence-electron chi connectivity index (χ4n) is 3.17. The van der Waals surface area contributed by atoms with Crippen molar-refractivity contribution in [3.8, 4) is 0 Å². The maximum absolute atomic E-state index is 12.9. The third-order valence-corrected chi connectivity index (χ3v) is 5.07. The summed E-state index contributed by atoms with van der Waals surface area (Å²) in [5, 5.41) is 3.02. The highest BCUT2D eigenvalue weighted by atomic mass is 16.5. The first-order chi connectivity index (χ1) is 13.1. The highest BCUT2D eigenvalue weighted by Crippen LogP contribution is 2.35. The first-order valence-electron chi connectivity index (χ1n) is 9.34. The molecule has 0 aliphatic heterocycles. The molecule has 27 heavy (non-hydrogen) atoms. The summed E-state index contributed by atoms with van der Waals surface area (Å²) in [5.41, 5.74) is 2.57.